The maximum Gasteiger partial charge on any atom is 0.350 e. The molecule has 4 heterocycles. The summed E-state index contributed by atoms with van der Waals surface area (Å²) < 4.78 is 3.19. The number of nitrogens with zero attached hydrogens (tertiary/aromatic N) is 4. The van der Waals surface area contributed by atoms with Gasteiger partial charge in [-0.1, -0.05) is 6.07 Å². The summed E-state index contributed by atoms with van der Waals surface area (Å²) >= 11 is 0. The van der Waals surface area contributed by atoms with E-state index in [1.807, 2.05) is 18.2 Å². The maximum atomic E-state index is 12.2. The van der Waals surface area contributed by atoms with E-state index in [1.165, 1.54) is 12.8 Å². The van der Waals surface area contributed by atoms with Gasteiger partial charge in [-0.3, -0.25) is 9.30 Å². The molecule has 0 aromatic carbocycles. The van der Waals surface area contributed by atoms with Crippen molar-refractivity contribution in [1.29, 1.82) is 0 Å². The molecule has 2 aromatic rings. The lowest BCUT2D eigenvalue weighted by molar-refractivity contribution is 0.299. The normalized spacial score (nSPS) is 26.3. The van der Waals surface area contributed by atoms with Crippen LogP contribution in [0.2, 0.25) is 0 Å². The number of nitrogens with one attached hydrogen (secondary N) is 1. The predicted molar refractivity (Wildman–Crippen MR) is 80.4 cm³/mol. The molecule has 0 aliphatic carbocycles. The molecule has 2 aromatic heterocycles. The number of piperidine rings is 1. The van der Waals surface area contributed by atoms with E-state index in [0.717, 1.165) is 37.7 Å². The minimum absolute atomic E-state index is 0.0414. The van der Waals surface area contributed by atoms with Gasteiger partial charge in [-0.05, 0) is 37.4 Å². The molecule has 112 valence electrons. The molecule has 4 rings (SSSR count). The Morgan fingerprint density at radius 2 is 2.24 bits per heavy atom. The Kier molecular flexibility index (Phi) is 3.27. The topological polar surface area (TPSA) is 54.6 Å². The van der Waals surface area contributed by atoms with E-state index in [9.17, 15) is 4.79 Å². The van der Waals surface area contributed by atoms with Gasteiger partial charge in [0.25, 0.3) is 0 Å². The number of rotatable bonds is 3. The fourth-order valence-corrected chi connectivity index (χ4v) is 3.67. The molecule has 2 unspecified atom stereocenters. The van der Waals surface area contributed by atoms with Crippen molar-refractivity contribution in [3.05, 3.63) is 34.9 Å². The van der Waals surface area contributed by atoms with Gasteiger partial charge in [0.15, 0.2) is 5.65 Å². The second-order valence-corrected chi connectivity index (χ2v) is 6.16. The smallest absolute Gasteiger partial charge is 0.312 e. The summed E-state index contributed by atoms with van der Waals surface area (Å²) in [4.78, 5) is 14.7. The maximum absolute atomic E-state index is 12.2. The van der Waals surface area contributed by atoms with Crippen LogP contribution in [0.1, 0.15) is 12.8 Å². The van der Waals surface area contributed by atoms with Crippen LogP contribution in [0.3, 0.4) is 0 Å². The van der Waals surface area contributed by atoms with Gasteiger partial charge in [-0.2, -0.15) is 0 Å². The van der Waals surface area contributed by atoms with Crippen molar-refractivity contribution in [3.63, 3.8) is 0 Å². The Morgan fingerprint density at radius 3 is 3.10 bits per heavy atom. The Hall–Kier alpha value is -1.66. The molecule has 2 aliphatic rings. The zero-order chi connectivity index (χ0) is 14.2. The summed E-state index contributed by atoms with van der Waals surface area (Å²) in [5.41, 5.74) is 0.680. The van der Waals surface area contributed by atoms with Crippen LogP contribution in [0.4, 0.5) is 0 Å². The minimum atomic E-state index is -0.0414. The Balaban J connectivity index is 1.44. The summed E-state index contributed by atoms with van der Waals surface area (Å²) in [6.45, 7) is 4.98. The first-order valence-electron chi connectivity index (χ1n) is 7.81. The van der Waals surface area contributed by atoms with E-state index in [-0.39, 0.29) is 5.69 Å². The lowest BCUT2D eigenvalue weighted by atomic mass is 9.94. The average molecular weight is 287 g/mol. The highest BCUT2D eigenvalue weighted by Gasteiger charge is 2.33. The average Bonchev–Trinajstić information content (AvgIpc) is 3.07. The van der Waals surface area contributed by atoms with Crippen molar-refractivity contribution in [2.45, 2.75) is 25.4 Å². The van der Waals surface area contributed by atoms with Gasteiger partial charge < -0.3 is 5.32 Å². The Labute approximate surface area is 123 Å². The second kappa shape index (κ2) is 5.27. The summed E-state index contributed by atoms with van der Waals surface area (Å²) in [6.07, 6.45) is 4.40. The van der Waals surface area contributed by atoms with Crippen LogP contribution in [0.25, 0.3) is 5.65 Å². The number of aromatic nitrogens is 3. The van der Waals surface area contributed by atoms with Gasteiger partial charge in [-0.25, -0.2) is 9.48 Å². The van der Waals surface area contributed by atoms with Crippen LogP contribution in [0, 0.1) is 5.92 Å². The molecule has 2 atom stereocenters. The molecular weight excluding hydrogens is 266 g/mol. The van der Waals surface area contributed by atoms with E-state index in [2.05, 4.69) is 15.3 Å². The molecule has 0 radical (unpaired) electrons. The standard InChI is InChI=1S/C15H21N5O/c21-15-19-7-2-1-5-14(19)17-20(15)9-8-18-10-12-4-3-6-16-13(12)11-18/h1-2,5,7,12-13,16H,3-4,6,8-11H2. The molecule has 6 nitrogen and oxygen atoms in total. The lowest BCUT2D eigenvalue weighted by Crippen LogP contribution is -2.40. The van der Waals surface area contributed by atoms with Crippen molar-refractivity contribution < 1.29 is 0 Å². The number of hydrogen-bond donors (Lipinski definition) is 1. The van der Waals surface area contributed by atoms with E-state index < -0.39 is 0 Å². The lowest BCUT2D eigenvalue weighted by Gasteiger charge is -2.24. The second-order valence-electron chi connectivity index (χ2n) is 6.16. The number of fused-ring (bicyclic) bond motifs is 2. The number of hydrogen-bond acceptors (Lipinski definition) is 4. The van der Waals surface area contributed by atoms with Crippen LogP contribution in [-0.4, -0.2) is 51.3 Å². The first kappa shape index (κ1) is 13.0. The summed E-state index contributed by atoms with van der Waals surface area (Å²) in [7, 11) is 0. The zero-order valence-corrected chi connectivity index (χ0v) is 12.1. The van der Waals surface area contributed by atoms with Crippen molar-refractivity contribution in [2.24, 2.45) is 5.92 Å². The van der Waals surface area contributed by atoms with Crippen LogP contribution < -0.4 is 11.0 Å². The third kappa shape index (κ3) is 2.38. The van der Waals surface area contributed by atoms with Crippen LogP contribution in [0.15, 0.2) is 29.2 Å². The highest BCUT2D eigenvalue weighted by Crippen LogP contribution is 2.24. The van der Waals surface area contributed by atoms with Gasteiger partial charge >= 0.3 is 5.69 Å². The van der Waals surface area contributed by atoms with E-state index in [0.29, 0.717) is 12.6 Å². The van der Waals surface area contributed by atoms with Gasteiger partial charge in [0.05, 0.1) is 6.54 Å². The molecule has 0 saturated carbocycles. The van der Waals surface area contributed by atoms with Crippen molar-refractivity contribution in [1.82, 2.24) is 24.4 Å². The molecule has 0 spiro atoms. The van der Waals surface area contributed by atoms with Crippen LogP contribution in [0.5, 0.6) is 0 Å². The largest absolute Gasteiger partial charge is 0.350 e. The van der Waals surface area contributed by atoms with Gasteiger partial charge in [0.2, 0.25) is 0 Å². The molecule has 2 fully saturated rings. The fraction of sp³-hybridized carbons (Fsp3) is 0.600. The quantitative estimate of drug-likeness (QED) is 0.875. The molecule has 1 N–H and O–H groups in total. The molecule has 21 heavy (non-hydrogen) atoms. The first-order chi connectivity index (χ1) is 10.3. The first-order valence-corrected chi connectivity index (χ1v) is 7.81. The summed E-state index contributed by atoms with van der Waals surface area (Å²) in [6, 6.07) is 6.28. The molecule has 6 heteroatoms. The Bertz CT molecular complexity index is 677. The molecule has 0 amide bonds. The Morgan fingerprint density at radius 1 is 1.29 bits per heavy atom. The number of pyridine rings is 1. The minimum Gasteiger partial charge on any atom is -0.312 e. The highest BCUT2D eigenvalue weighted by atomic mass is 16.2. The van der Waals surface area contributed by atoms with Gasteiger partial charge in [0, 0.05) is 31.9 Å². The summed E-state index contributed by atoms with van der Waals surface area (Å²) in [5.74, 6) is 0.788. The van der Waals surface area contributed by atoms with Gasteiger partial charge in [0.1, 0.15) is 0 Å². The van der Waals surface area contributed by atoms with Gasteiger partial charge in [-0.15, -0.1) is 5.10 Å². The molecule has 2 saturated heterocycles. The van der Waals surface area contributed by atoms with Crippen molar-refractivity contribution >= 4 is 5.65 Å². The van der Waals surface area contributed by atoms with E-state index in [1.54, 1.807) is 15.3 Å². The SMILES string of the molecule is O=c1n(CCN2CC3CCCNC3C2)nc2ccccn12. The molecular formula is C15H21N5O. The third-order valence-electron chi connectivity index (χ3n) is 4.79. The zero-order valence-electron chi connectivity index (χ0n) is 12.1. The highest BCUT2D eigenvalue weighted by molar-refractivity contribution is 5.35. The van der Waals surface area contributed by atoms with Crippen molar-refractivity contribution in [2.75, 3.05) is 26.2 Å². The number of likely N-dealkylation sites (tertiary alicyclic amines) is 1. The van der Waals surface area contributed by atoms with Crippen LogP contribution >= 0.6 is 0 Å². The van der Waals surface area contributed by atoms with E-state index >= 15 is 0 Å². The molecule has 2 aliphatic heterocycles. The van der Waals surface area contributed by atoms with Crippen LogP contribution in [-0.2, 0) is 6.54 Å². The fourth-order valence-electron chi connectivity index (χ4n) is 3.67. The van der Waals surface area contributed by atoms with Crippen molar-refractivity contribution in [3.8, 4) is 0 Å². The monoisotopic (exact) mass is 287 g/mol. The molecule has 0 bridgehead atoms. The summed E-state index contributed by atoms with van der Waals surface area (Å²) in [5, 5.41) is 8.00. The van der Waals surface area contributed by atoms with E-state index in [4.69, 9.17) is 0 Å². The predicted octanol–water partition coefficient (Wildman–Crippen LogP) is 0.180. The third-order valence-corrected chi connectivity index (χ3v) is 4.79.